The number of halogens is 3. The molecule has 0 aliphatic carbocycles. The number of pyridine rings is 2. The van der Waals surface area contributed by atoms with Gasteiger partial charge in [-0.2, -0.15) is 13.2 Å². The van der Waals surface area contributed by atoms with Crippen molar-refractivity contribution in [3.05, 3.63) is 59.5 Å². The summed E-state index contributed by atoms with van der Waals surface area (Å²) in [5.41, 5.74) is 2.13. The van der Waals surface area contributed by atoms with Crippen LogP contribution in [0, 0.1) is 6.92 Å². The number of imidazole rings is 1. The summed E-state index contributed by atoms with van der Waals surface area (Å²) in [6.07, 6.45) is -0.735. The third-order valence-electron chi connectivity index (χ3n) is 4.62. The summed E-state index contributed by atoms with van der Waals surface area (Å²) in [7, 11) is 0. The maximum Gasteiger partial charge on any atom is 0.417 e. The largest absolute Gasteiger partial charge is 0.454 e. The molecule has 1 aliphatic heterocycles. The van der Waals surface area contributed by atoms with Gasteiger partial charge in [-0.25, -0.2) is 9.97 Å². The first-order chi connectivity index (χ1) is 13.9. The summed E-state index contributed by atoms with van der Waals surface area (Å²) in [6.45, 7) is 1.97. The first kappa shape index (κ1) is 18.1. The molecule has 0 fully saturated rings. The molecule has 4 heterocycles. The zero-order valence-electron chi connectivity index (χ0n) is 15.2. The highest BCUT2D eigenvalue weighted by Gasteiger charge is 2.34. The number of hydrogen-bond donors (Lipinski definition) is 0. The number of aryl methyl sites for hydroxylation is 1. The van der Waals surface area contributed by atoms with Gasteiger partial charge < -0.3 is 13.9 Å². The molecule has 1 aliphatic rings. The summed E-state index contributed by atoms with van der Waals surface area (Å²) in [4.78, 5) is 8.93. The maximum atomic E-state index is 13.7. The van der Waals surface area contributed by atoms with E-state index in [4.69, 9.17) is 9.47 Å². The molecular formula is C20H14F3N3O2S. The van der Waals surface area contributed by atoms with Crippen LogP contribution in [0.2, 0.25) is 0 Å². The lowest BCUT2D eigenvalue weighted by Crippen LogP contribution is -2.07. The van der Waals surface area contributed by atoms with Gasteiger partial charge in [-0.15, -0.1) is 0 Å². The van der Waals surface area contributed by atoms with Crippen LogP contribution in [-0.2, 0) is 11.9 Å². The Morgan fingerprint density at radius 2 is 1.90 bits per heavy atom. The van der Waals surface area contributed by atoms with Gasteiger partial charge >= 0.3 is 6.18 Å². The fourth-order valence-corrected chi connectivity index (χ4v) is 4.05. The number of thioether (sulfide) groups is 1. The number of benzene rings is 1. The molecule has 148 valence electrons. The van der Waals surface area contributed by atoms with E-state index in [2.05, 4.69) is 9.97 Å². The minimum absolute atomic E-state index is 0.00527. The van der Waals surface area contributed by atoms with Gasteiger partial charge in [-0.3, -0.25) is 0 Å². The minimum atomic E-state index is -4.51. The van der Waals surface area contributed by atoms with Gasteiger partial charge in [-0.1, -0.05) is 11.8 Å². The van der Waals surface area contributed by atoms with E-state index in [1.165, 1.54) is 23.9 Å². The standard InChI is InChI=1S/C20H14F3N3O2S/c1-11-2-3-26-8-12(24-18(26)4-11)9-29-19-6-14(20(21,22)23)13-5-16-17(28-10-27-16)7-15(13)25-19/h2-8H,9-10H2,1H3. The molecule has 3 aromatic heterocycles. The summed E-state index contributed by atoms with van der Waals surface area (Å²) < 4.78 is 53.4. The molecule has 4 aromatic rings. The Labute approximate surface area is 167 Å². The van der Waals surface area contributed by atoms with Crippen LogP contribution in [0.3, 0.4) is 0 Å². The van der Waals surface area contributed by atoms with Gasteiger partial charge in [0, 0.05) is 29.6 Å². The summed E-state index contributed by atoms with van der Waals surface area (Å²) in [5, 5.41) is 0.270. The topological polar surface area (TPSA) is 48.7 Å². The van der Waals surface area contributed by atoms with E-state index in [1.54, 1.807) is 0 Å². The quantitative estimate of drug-likeness (QED) is 0.427. The number of hydrogen-bond acceptors (Lipinski definition) is 5. The molecule has 0 radical (unpaired) electrons. The molecule has 0 N–H and O–H groups in total. The van der Waals surface area contributed by atoms with Gasteiger partial charge in [-0.05, 0) is 36.8 Å². The second kappa shape index (κ2) is 6.55. The number of aromatic nitrogens is 3. The van der Waals surface area contributed by atoms with Crippen LogP contribution in [0.15, 0.2) is 47.8 Å². The van der Waals surface area contributed by atoms with Gasteiger partial charge in [0.05, 0.1) is 21.8 Å². The van der Waals surface area contributed by atoms with Crippen LogP contribution >= 0.6 is 11.8 Å². The van der Waals surface area contributed by atoms with Gasteiger partial charge in [0.25, 0.3) is 0 Å². The van der Waals surface area contributed by atoms with Gasteiger partial charge in [0.2, 0.25) is 6.79 Å². The third-order valence-corrected chi connectivity index (χ3v) is 5.56. The number of rotatable bonds is 3. The average molecular weight is 417 g/mol. The molecule has 0 bridgehead atoms. The van der Waals surface area contributed by atoms with Gasteiger partial charge in [0.1, 0.15) is 5.65 Å². The predicted molar refractivity (Wildman–Crippen MR) is 102 cm³/mol. The Morgan fingerprint density at radius 3 is 2.69 bits per heavy atom. The Kier molecular flexibility index (Phi) is 4.09. The third kappa shape index (κ3) is 3.35. The fourth-order valence-electron chi connectivity index (χ4n) is 3.25. The number of nitrogens with zero attached hydrogens (tertiary/aromatic N) is 3. The first-order valence-electron chi connectivity index (χ1n) is 8.75. The van der Waals surface area contributed by atoms with Crippen molar-refractivity contribution in [1.82, 2.24) is 14.4 Å². The smallest absolute Gasteiger partial charge is 0.417 e. The Hall–Kier alpha value is -2.94. The normalized spacial score (nSPS) is 13.5. The predicted octanol–water partition coefficient (Wildman–Crippen LogP) is 5.23. The lowest BCUT2D eigenvalue weighted by molar-refractivity contribution is -0.136. The zero-order valence-corrected chi connectivity index (χ0v) is 16.0. The van der Waals surface area contributed by atoms with Crippen LogP contribution in [0.5, 0.6) is 11.5 Å². The van der Waals surface area contributed by atoms with E-state index >= 15 is 0 Å². The monoisotopic (exact) mass is 417 g/mol. The highest BCUT2D eigenvalue weighted by molar-refractivity contribution is 7.98. The van der Waals surface area contributed by atoms with Crippen molar-refractivity contribution in [3.63, 3.8) is 0 Å². The van der Waals surface area contributed by atoms with Crippen molar-refractivity contribution in [2.24, 2.45) is 0 Å². The molecule has 0 unspecified atom stereocenters. The summed E-state index contributed by atoms with van der Waals surface area (Å²) in [5.74, 6) is 1.10. The van der Waals surface area contributed by atoms with Crippen molar-refractivity contribution in [2.45, 2.75) is 23.9 Å². The van der Waals surface area contributed by atoms with E-state index in [1.807, 2.05) is 35.9 Å². The summed E-state index contributed by atoms with van der Waals surface area (Å²) in [6, 6.07) is 7.83. The SMILES string of the molecule is Cc1ccn2cc(CSc3cc(C(F)(F)F)c4cc5c(cc4n3)OCO5)nc2c1. The van der Waals surface area contributed by atoms with E-state index in [9.17, 15) is 13.2 Å². The lowest BCUT2D eigenvalue weighted by atomic mass is 10.1. The molecular weight excluding hydrogens is 403 g/mol. The van der Waals surface area contributed by atoms with Crippen molar-refractivity contribution >= 4 is 28.3 Å². The fraction of sp³-hybridized carbons (Fsp3) is 0.200. The van der Waals surface area contributed by atoms with Crippen molar-refractivity contribution in [3.8, 4) is 11.5 Å². The van der Waals surface area contributed by atoms with E-state index < -0.39 is 11.7 Å². The van der Waals surface area contributed by atoms with Crippen LogP contribution in [-0.4, -0.2) is 21.2 Å². The second-order valence-electron chi connectivity index (χ2n) is 6.72. The highest BCUT2D eigenvalue weighted by Crippen LogP contribution is 2.42. The minimum Gasteiger partial charge on any atom is -0.454 e. The molecule has 5 nitrogen and oxygen atoms in total. The highest BCUT2D eigenvalue weighted by atomic mass is 32.2. The van der Waals surface area contributed by atoms with Gasteiger partial charge in [0.15, 0.2) is 11.5 Å². The first-order valence-corrected chi connectivity index (χ1v) is 9.74. The van der Waals surface area contributed by atoms with Crippen LogP contribution in [0.25, 0.3) is 16.6 Å². The lowest BCUT2D eigenvalue weighted by Gasteiger charge is -2.12. The van der Waals surface area contributed by atoms with E-state index in [0.29, 0.717) is 17.3 Å². The van der Waals surface area contributed by atoms with Crippen LogP contribution in [0.4, 0.5) is 13.2 Å². The Morgan fingerprint density at radius 1 is 1.10 bits per heavy atom. The molecule has 0 saturated heterocycles. The molecule has 0 atom stereocenters. The van der Waals surface area contributed by atoms with Crippen LogP contribution < -0.4 is 9.47 Å². The molecule has 0 spiro atoms. The number of fused-ring (bicyclic) bond motifs is 3. The molecule has 5 rings (SSSR count). The van der Waals surface area contributed by atoms with Crippen molar-refractivity contribution in [1.29, 1.82) is 0 Å². The van der Waals surface area contributed by atoms with E-state index in [0.717, 1.165) is 23.0 Å². The molecule has 29 heavy (non-hydrogen) atoms. The maximum absolute atomic E-state index is 13.7. The van der Waals surface area contributed by atoms with Crippen molar-refractivity contribution < 1.29 is 22.6 Å². The number of alkyl halides is 3. The average Bonchev–Trinajstić information content (AvgIpc) is 3.28. The number of ether oxygens (including phenoxy) is 2. The van der Waals surface area contributed by atoms with Crippen molar-refractivity contribution in [2.75, 3.05) is 6.79 Å². The Bertz CT molecular complexity index is 1250. The Balaban J connectivity index is 1.51. The molecule has 1 aromatic carbocycles. The van der Waals surface area contributed by atoms with Crippen LogP contribution in [0.1, 0.15) is 16.8 Å². The molecule has 9 heteroatoms. The summed E-state index contributed by atoms with van der Waals surface area (Å²) >= 11 is 1.21. The van der Waals surface area contributed by atoms with E-state index in [-0.39, 0.29) is 22.7 Å². The molecule has 0 amide bonds. The second-order valence-corrected chi connectivity index (χ2v) is 7.71. The zero-order chi connectivity index (χ0) is 20.2. The molecule has 0 saturated carbocycles.